The van der Waals surface area contributed by atoms with Crippen LogP contribution in [0.2, 0.25) is 0 Å². The van der Waals surface area contributed by atoms with E-state index >= 15 is 0 Å². The van der Waals surface area contributed by atoms with Gasteiger partial charge in [0.25, 0.3) is 0 Å². The van der Waals surface area contributed by atoms with Crippen LogP contribution < -0.4 is 27.0 Å². The average Bonchev–Trinajstić information content (AvgIpc) is 2.91. The molecule has 0 radical (unpaired) electrons. The number of amides is 5. The summed E-state index contributed by atoms with van der Waals surface area (Å²) in [5.41, 5.74) is 5.10. The molecule has 3 atom stereocenters. The van der Waals surface area contributed by atoms with E-state index in [1.54, 1.807) is 7.11 Å². The third-order valence-corrected chi connectivity index (χ3v) is 4.96. The number of primary amides is 1. The Labute approximate surface area is 234 Å². The van der Waals surface area contributed by atoms with Gasteiger partial charge in [-0.2, -0.15) is 0 Å². The van der Waals surface area contributed by atoms with Gasteiger partial charge in [-0.3, -0.25) is 24.0 Å². The van der Waals surface area contributed by atoms with Crippen LogP contribution in [0.25, 0.3) is 0 Å². The number of likely N-dealkylation sites (N-methyl/N-ethyl adjacent to an activating group) is 1. The number of carbonyl (C=O) groups is 5. The minimum atomic E-state index is -1.18. The molecule has 0 rings (SSSR count). The van der Waals surface area contributed by atoms with Crippen molar-refractivity contribution in [2.75, 3.05) is 86.8 Å². The van der Waals surface area contributed by atoms with Gasteiger partial charge < -0.3 is 55.4 Å². The minimum Gasteiger partial charge on any atom is -0.382 e. The van der Waals surface area contributed by atoms with Gasteiger partial charge in [-0.1, -0.05) is 0 Å². The molecule has 0 bridgehead atoms. The predicted octanol–water partition coefficient (Wildman–Crippen LogP) is -3.17. The first-order chi connectivity index (χ1) is 19.1. The van der Waals surface area contributed by atoms with E-state index in [9.17, 15) is 24.0 Å². The highest BCUT2D eigenvalue weighted by atomic mass is 16.6. The van der Waals surface area contributed by atoms with Crippen LogP contribution in [-0.2, 0) is 52.4 Å². The zero-order valence-corrected chi connectivity index (χ0v) is 23.8. The van der Waals surface area contributed by atoms with E-state index in [4.69, 9.17) is 34.2 Å². The van der Waals surface area contributed by atoms with Crippen molar-refractivity contribution < 1.29 is 52.4 Å². The standard InChI is InChI=1S/C24H45N5O11/c1-17(22(32)28-18(2)23(33)29-19(15-20(25)30)24(34)26-3)27-21(31)16-40-14-13-39-12-11-38-10-9-37-8-7-36-6-5-35-4/h17-19H,5-16H2,1-4H3,(H2,25,30)(H,26,34)(H,27,31)(H,28,32)(H,29,33)/t17-,18-,19-/m1/s1. The first-order valence-electron chi connectivity index (χ1n) is 12.9. The Bertz CT molecular complexity index is 757. The van der Waals surface area contributed by atoms with E-state index in [0.717, 1.165) is 0 Å². The molecule has 232 valence electrons. The van der Waals surface area contributed by atoms with Crippen LogP contribution in [0.5, 0.6) is 0 Å². The first kappa shape index (κ1) is 37.1. The lowest BCUT2D eigenvalue weighted by Crippen LogP contribution is -2.55. The van der Waals surface area contributed by atoms with Gasteiger partial charge in [0.15, 0.2) is 0 Å². The van der Waals surface area contributed by atoms with Gasteiger partial charge in [0, 0.05) is 14.2 Å². The van der Waals surface area contributed by atoms with Crippen LogP contribution in [0, 0.1) is 0 Å². The number of hydrogen-bond acceptors (Lipinski definition) is 11. The monoisotopic (exact) mass is 579 g/mol. The highest BCUT2D eigenvalue weighted by Crippen LogP contribution is 1.95. The fourth-order valence-electron chi connectivity index (χ4n) is 2.82. The lowest BCUT2D eigenvalue weighted by atomic mass is 10.1. The second kappa shape index (κ2) is 24.0. The van der Waals surface area contributed by atoms with E-state index in [-0.39, 0.29) is 19.8 Å². The van der Waals surface area contributed by atoms with Gasteiger partial charge in [-0.05, 0) is 13.8 Å². The first-order valence-corrected chi connectivity index (χ1v) is 12.9. The molecule has 0 aromatic carbocycles. The maximum atomic E-state index is 12.3. The summed E-state index contributed by atoms with van der Waals surface area (Å²) in [6, 6.07) is -3.20. The van der Waals surface area contributed by atoms with Gasteiger partial charge in [-0.15, -0.1) is 0 Å². The van der Waals surface area contributed by atoms with E-state index in [1.165, 1.54) is 20.9 Å². The largest absolute Gasteiger partial charge is 0.382 e. The Hall–Kier alpha value is -2.89. The lowest BCUT2D eigenvalue weighted by Gasteiger charge is -2.21. The fourth-order valence-corrected chi connectivity index (χ4v) is 2.82. The Morgan fingerprint density at radius 2 is 1.05 bits per heavy atom. The molecule has 5 amide bonds. The molecule has 0 aromatic rings. The van der Waals surface area contributed by atoms with Crippen molar-refractivity contribution in [3.05, 3.63) is 0 Å². The molecule has 0 saturated heterocycles. The van der Waals surface area contributed by atoms with Crippen molar-refractivity contribution in [1.82, 2.24) is 21.3 Å². The smallest absolute Gasteiger partial charge is 0.246 e. The number of ether oxygens (including phenoxy) is 6. The van der Waals surface area contributed by atoms with E-state index < -0.39 is 54.1 Å². The van der Waals surface area contributed by atoms with Crippen LogP contribution >= 0.6 is 0 Å². The van der Waals surface area contributed by atoms with Crippen LogP contribution in [0.15, 0.2) is 0 Å². The number of carbonyl (C=O) groups excluding carboxylic acids is 5. The highest BCUT2D eigenvalue weighted by molar-refractivity contribution is 5.95. The number of hydrogen-bond donors (Lipinski definition) is 5. The minimum absolute atomic E-state index is 0.162. The molecule has 0 spiro atoms. The number of methoxy groups -OCH3 is 1. The summed E-state index contributed by atoms with van der Waals surface area (Å²) in [5.74, 6) is -3.26. The average molecular weight is 580 g/mol. The molecule has 0 saturated carbocycles. The lowest BCUT2D eigenvalue weighted by molar-refractivity contribution is -0.134. The fraction of sp³-hybridized carbons (Fsp3) is 0.792. The summed E-state index contributed by atoms with van der Waals surface area (Å²) < 4.78 is 31.4. The van der Waals surface area contributed by atoms with Crippen LogP contribution in [-0.4, -0.2) is 134 Å². The van der Waals surface area contributed by atoms with Gasteiger partial charge in [0.05, 0.1) is 72.5 Å². The highest BCUT2D eigenvalue weighted by Gasteiger charge is 2.26. The summed E-state index contributed by atoms with van der Waals surface area (Å²) >= 11 is 0. The summed E-state index contributed by atoms with van der Waals surface area (Å²) in [6.45, 7) is 6.62. The van der Waals surface area contributed by atoms with Gasteiger partial charge in [-0.25, -0.2) is 0 Å². The third-order valence-electron chi connectivity index (χ3n) is 4.96. The Balaban J connectivity index is 3.91. The summed E-state index contributed by atoms with van der Waals surface area (Å²) in [5, 5.41) is 9.54. The van der Waals surface area contributed by atoms with Crippen molar-refractivity contribution in [1.29, 1.82) is 0 Å². The second-order valence-electron chi connectivity index (χ2n) is 8.36. The van der Waals surface area contributed by atoms with Crippen molar-refractivity contribution in [2.45, 2.75) is 38.4 Å². The van der Waals surface area contributed by atoms with E-state index in [0.29, 0.717) is 52.9 Å². The van der Waals surface area contributed by atoms with Gasteiger partial charge in [0.1, 0.15) is 24.7 Å². The molecule has 0 aliphatic carbocycles. The SMILES string of the molecule is CNC(=O)[C@@H](CC(N)=O)NC(=O)[C@@H](C)NC(=O)[C@@H](C)NC(=O)COCCOCCOCCOCCOCCOC. The van der Waals surface area contributed by atoms with Crippen molar-refractivity contribution in [2.24, 2.45) is 5.73 Å². The number of rotatable bonds is 25. The molecular formula is C24H45N5O11. The molecule has 40 heavy (non-hydrogen) atoms. The van der Waals surface area contributed by atoms with Crippen LogP contribution in [0.3, 0.4) is 0 Å². The van der Waals surface area contributed by atoms with Gasteiger partial charge in [0.2, 0.25) is 29.5 Å². The molecule has 0 fully saturated rings. The quantitative estimate of drug-likeness (QED) is 0.0680. The topological polar surface area (TPSA) is 215 Å². The molecule has 6 N–H and O–H groups in total. The molecule has 0 aliphatic rings. The van der Waals surface area contributed by atoms with Crippen molar-refractivity contribution in [3.63, 3.8) is 0 Å². The number of nitrogens with one attached hydrogen (secondary N) is 4. The Morgan fingerprint density at radius 1 is 0.625 bits per heavy atom. The van der Waals surface area contributed by atoms with Crippen LogP contribution in [0.4, 0.5) is 0 Å². The Morgan fingerprint density at radius 3 is 1.50 bits per heavy atom. The number of nitrogens with two attached hydrogens (primary N) is 1. The van der Waals surface area contributed by atoms with Crippen molar-refractivity contribution >= 4 is 29.5 Å². The molecule has 0 aliphatic heterocycles. The maximum Gasteiger partial charge on any atom is 0.246 e. The zero-order valence-electron chi connectivity index (χ0n) is 23.8. The van der Waals surface area contributed by atoms with E-state index in [1.807, 2.05) is 0 Å². The normalized spacial score (nSPS) is 13.1. The van der Waals surface area contributed by atoms with Gasteiger partial charge >= 0.3 is 0 Å². The second-order valence-corrected chi connectivity index (χ2v) is 8.36. The Kier molecular flexibility index (Phi) is 22.2. The maximum absolute atomic E-state index is 12.3. The zero-order chi connectivity index (χ0) is 30.2. The molecule has 16 nitrogen and oxygen atoms in total. The molecular weight excluding hydrogens is 534 g/mol. The molecule has 0 aromatic heterocycles. The molecule has 0 unspecified atom stereocenters. The van der Waals surface area contributed by atoms with E-state index in [2.05, 4.69) is 21.3 Å². The summed E-state index contributed by atoms with van der Waals surface area (Å²) in [7, 11) is 2.95. The summed E-state index contributed by atoms with van der Waals surface area (Å²) in [4.78, 5) is 59.6. The predicted molar refractivity (Wildman–Crippen MR) is 141 cm³/mol. The third kappa shape index (κ3) is 20.1. The molecule has 16 heteroatoms. The van der Waals surface area contributed by atoms with Crippen LogP contribution in [0.1, 0.15) is 20.3 Å². The summed E-state index contributed by atoms with van der Waals surface area (Å²) in [6.07, 6.45) is -0.403. The molecule has 0 heterocycles. The van der Waals surface area contributed by atoms with Crippen molar-refractivity contribution in [3.8, 4) is 0 Å².